The predicted molar refractivity (Wildman–Crippen MR) is 147 cm³/mol. The number of nitrogens with one attached hydrogen (secondary N) is 2. The van der Waals surface area contributed by atoms with Gasteiger partial charge in [-0.2, -0.15) is 0 Å². The maximum atomic E-state index is 11.4. The summed E-state index contributed by atoms with van der Waals surface area (Å²) in [6.45, 7) is 6.14. The Kier molecular flexibility index (Phi) is 7.78. The first-order valence-corrected chi connectivity index (χ1v) is 12.5. The number of aryl methyl sites for hydroxylation is 1. The highest BCUT2D eigenvalue weighted by Crippen LogP contribution is 2.30. The van der Waals surface area contributed by atoms with Crippen LogP contribution in [0, 0.1) is 18.8 Å². The van der Waals surface area contributed by atoms with Crippen LogP contribution in [0.15, 0.2) is 73.1 Å². The van der Waals surface area contributed by atoms with E-state index < -0.39 is 0 Å². The standard InChI is InChI=1S/C30H29N5O3/c1-21-17-24(11-13-28(21)38-25-8-4-3-5-9-25)34-30-26-18-23(10-12-27(26)32-20-33-30)7-6-15-35-16-14-31-19-29(35)37-22(2)36/h3-5,8-13,17-18,20,29,31H,14-16,19H2,1-2H3,(H,32,33,34). The summed E-state index contributed by atoms with van der Waals surface area (Å²) in [6, 6.07) is 21.6. The smallest absolute Gasteiger partial charge is 0.304 e. The summed E-state index contributed by atoms with van der Waals surface area (Å²) >= 11 is 0. The lowest BCUT2D eigenvalue weighted by Gasteiger charge is -2.33. The molecular formula is C30H29N5O3. The highest BCUT2D eigenvalue weighted by molar-refractivity contribution is 5.91. The summed E-state index contributed by atoms with van der Waals surface area (Å²) in [5, 5.41) is 7.54. The average molecular weight is 508 g/mol. The number of piperazine rings is 1. The molecule has 4 aromatic rings. The molecule has 38 heavy (non-hydrogen) atoms. The van der Waals surface area contributed by atoms with E-state index in [1.165, 1.54) is 6.92 Å². The molecule has 1 aliphatic rings. The summed E-state index contributed by atoms with van der Waals surface area (Å²) in [7, 11) is 0. The normalized spacial score (nSPS) is 15.4. The van der Waals surface area contributed by atoms with Gasteiger partial charge in [-0.1, -0.05) is 30.0 Å². The van der Waals surface area contributed by atoms with E-state index in [0.29, 0.717) is 18.9 Å². The second-order valence-electron chi connectivity index (χ2n) is 9.02. The van der Waals surface area contributed by atoms with E-state index in [-0.39, 0.29) is 12.2 Å². The molecule has 8 heteroatoms. The van der Waals surface area contributed by atoms with Gasteiger partial charge in [0.2, 0.25) is 0 Å². The fourth-order valence-electron chi connectivity index (χ4n) is 4.28. The molecule has 3 aromatic carbocycles. The van der Waals surface area contributed by atoms with Gasteiger partial charge in [0, 0.05) is 43.2 Å². The Morgan fingerprint density at radius 3 is 2.82 bits per heavy atom. The quantitative estimate of drug-likeness (QED) is 0.289. The van der Waals surface area contributed by atoms with Crippen molar-refractivity contribution in [1.29, 1.82) is 0 Å². The van der Waals surface area contributed by atoms with Gasteiger partial charge in [0.05, 0.1) is 12.1 Å². The molecule has 2 N–H and O–H groups in total. The monoisotopic (exact) mass is 507 g/mol. The minimum atomic E-state index is -0.302. The third-order valence-corrected chi connectivity index (χ3v) is 6.16. The number of carbonyl (C=O) groups excluding carboxylic acids is 1. The molecule has 8 nitrogen and oxygen atoms in total. The Morgan fingerprint density at radius 2 is 2.00 bits per heavy atom. The fraction of sp³-hybridized carbons (Fsp3) is 0.233. The predicted octanol–water partition coefficient (Wildman–Crippen LogP) is 4.62. The van der Waals surface area contributed by atoms with Gasteiger partial charge in [-0.15, -0.1) is 0 Å². The van der Waals surface area contributed by atoms with Crippen LogP contribution >= 0.6 is 0 Å². The van der Waals surface area contributed by atoms with Crippen molar-refractivity contribution in [2.75, 3.05) is 31.5 Å². The number of rotatable bonds is 6. The number of esters is 1. The number of hydrogen-bond acceptors (Lipinski definition) is 8. The number of nitrogens with zero attached hydrogens (tertiary/aromatic N) is 3. The Bertz CT molecular complexity index is 1500. The van der Waals surface area contributed by atoms with E-state index in [1.54, 1.807) is 6.33 Å². The van der Waals surface area contributed by atoms with Crippen LogP contribution in [0.25, 0.3) is 10.9 Å². The first kappa shape index (κ1) is 25.2. The third kappa shape index (κ3) is 6.27. The summed E-state index contributed by atoms with van der Waals surface area (Å²) in [6.07, 6.45) is 1.25. The van der Waals surface area contributed by atoms with Crippen molar-refractivity contribution in [2.45, 2.75) is 20.1 Å². The van der Waals surface area contributed by atoms with Crippen LogP contribution in [-0.4, -0.2) is 53.2 Å². The SMILES string of the molecule is CC(=O)OC1CNCCN1CC#Cc1ccc2ncnc(Nc3ccc(Oc4ccccc4)c(C)c3)c2c1. The first-order valence-electron chi connectivity index (χ1n) is 12.5. The molecule has 5 rings (SSSR count). The van der Waals surface area contributed by atoms with Crippen molar-refractivity contribution in [3.63, 3.8) is 0 Å². The topological polar surface area (TPSA) is 88.6 Å². The Balaban J connectivity index is 1.32. The minimum absolute atomic E-state index is 0.292. The van der Waals surface area contributed by atoms with Gasteiger partial charge in [-0.3, -0.25) is 9.69 Å². The second kappa shape index (κ2) is 11.7. The van der Waals surface area contributed by atoms with E-state index in [0.717, 1.165) is 52.3 Å². The second-order valence-corrected chi connectivity index (χ2v) is 9.02. The van der Waals surface area contributed by atoms with E-state index in [1.807, 2.05) is 73.7 Å². The lowest BCUT2D eigenvalue weighted by molar-refractivity contribution is -0.157. The molecule has 1 aromatic heterocycles. The Labute approximate surface area is 222 Å². The van der Waals surface area contributed by atoms with Crippen molar-refractivity contribution in [3.05, 3.63) is 84.2 Å². The zero-order chi connectivity index (χ0) is 26.3. The fourth-order valence-corrected chi connectivity index (χ4v) is 4.28. The summed E-state index contributed by atoms with van der Waals surface area (Å²) < 4.78 is 11.4. The van der Waals surface area contributed by atoms with Crippen LogP contribution < -0.4 is 15.4 Å². The van der Waals surface area contributed by atoms with E-state index in [4.69, 9.17) is 9.47 Å². The zero-order valence-electron chi connectivity index (χ0n) is 21.4. The number of ether oxygens (including phenoxy) is 2. The lowest BCUT2D eigenvalue weighted by atomic mass is 10.1. The molecule has 1 unspecified atom stereocenters. The van der Waals surface area contributed by atoms with Crippen LogP contribution in [-0.2, 0) is 9.53 Å². The summed E-state index contributed by atoms with van der Waals surface area (Å²) in [4.78, 5) is 22.4. The van der Waals surface area contributed by atoms with Gasteiger partial charge in [0.15, 0.2) is 6.23 Å². The number of para-hydroxylation sites is 1. The molecule has 1 atom stereocenters. The lowest BCUT2D eigenvalue weighted by Crippen LogP contribution is -2.53. The molecule has 0 bridgehead atoms. The zero-order valence-corrected chi connectivity index (χ0v) is 21.4. The maximum Gasteiger partial charge on any atom is 0.304 e. The average Bonchev–Trinajstić information content (AvgIpc) is 2.92. The Hall–Kier alpha value is -4.45. The van der Waals surface area contributed by atoms with Gasteiger partial charge in [0.25, 0.3) is 0 Å². The molecular weight excluding hydrogens is 478 g/mol. The number of hydrogen-bond donors (Lipinski definition) is 2. The van der Waals surface area contributed by atoms with E-state index in [9.17, 15) is 4.79 Å². The van der Waals surface area contributed by atoms with Gasteiger partial charge in [0.1, 0.15) is 23.6 Å². The summed E-state index contributed by atoms with van der Waals surface area (Å²) in [5.74, 6) is 8.46. The largest absolute Gasteiger partial charge is 0.457 e. The molecule has 0 saturated carbocycles. The van der Waals surface area contributed by atoms with E-state index in [2.05, 4.69) is 37.3 Å². The van der Waals surface area contributed by atoms with Gasteiger partial charge in [-0.05, 0) is 61.0 Å². The van der Waals surface area contributed by atoms with Crippen LogP contribution in [0.2, 0.25) is 0 Å². The number of carbonyl (C=O) groups is 1. The molecule has 1 aliphatic heterocycles. The highest BCUT2D eigenvalue weighted by atomic mass is 16.6. The Morgan fingerprint density at radius 1 is 1.13 bits per heavy atom. The number of fused-ring (bicyclic) bond motifs is 1. The van der Waals surface area contributed by atoms with E-state index >= 15 is 0 Å². The first-order chi connectivity index (χ1) is 18.5. The molecule has 192 valence electrons. The molecule has 0 spiro atoms. The molecule has 2 heterocycles. The van der Waals surface area contributed by atoms with Gasteiger partial charge >= 0.3 is 5.97 Å². The minimum Gasteiger partial charge on any atom is -0.457 e. The van der Waals surface area contributed by atoms with Crippen LogP contribution in [0.3, 0.4) is 0 Å². The van der Waals surface area contributed by atoms with Crippen molar-refractivity contribution < 1.29 is 14.3 Å². The number of anilines is 2. The van der Waals surface area contributed by atoms with Crippen LogP contribution in [0.4, 0.5) is 11.5 Å². The van der Waals surface area contributed by atoms with Crippen LogP contribution in [0.5, 0.6) is 11.5 Å². The molecule has 1 saturated heterocycles. The van der Waals surface area contributed by atoms with Crippen LogP contribution in [0.1, 0.15) is 18.1 Å². The molecule has 1 fully saturated rings. The summed E-state index contributed by atoms with van der Waals surface area (Å²) in [5.41, 5.74) is 3.58. The van der Waals surface area contributed by atoms with Crippen molar-refractivity contribution in [1.82, 2.24) is 20.2 Å². The number of benzene rings is 3. The van der Waals surface area contributed by atoms with Crippen molar-refractivity contribution >= 4 is 28.4 Å². The highest BCUT2D eigenvalue weighted by Gasteiger charge is 2.23. The molecule has 0 aliphatic carbocycles. The van der Waals surface area contributed by atoms with Gasteiger partial charge < -0.3 is 20.1 Å². The molecule has 0 amide bonds. The number of aromatic nitrogens is 2. The maximum absolute atomic E-state index is 11.4. The molecule has 0 radical (unpaired) electrons. The van der Waals surface area contributed by atoms with Crippen molar-refractivity contribution in [2.24, 2.45) is 0 Å². The van der Waals surface area contributed by atoms with Crippen molar-refractivity contribution in [3.8, 4) is 23.3 Å². The van der Waals surface area contributed by atoms with Gasteiger partial charge in [-0.25, -0.2) is 9.97 Å². The third-order valence-electron chi connectivity index (χ3n) is 6.16.